The van der Waals surface area contributed by atoms with Crippen LogP contribution in [-0.2, 0) is 11.3 Å². The number of methoxy groups -OCH3 is 1. The minimum absolute atomic E-state index is 0.494. The zero-order chi connectivity index (χ0) is 25.9. The number of morpholine rings is 1. The zero-order valence-corrected chi connectivity index (χ0v) is 22.0. The Morgan fingerprint density at radius 2 is 1.84 bits per heavy atom. The molecule has 2 fully saturated rings. The van der Waals surface area contributed by atoms with Gasteiger partial charge in [-0.2, -0.15) is 10.1 Å². The molecular formula is C26H34N10O2. The highest BCUT2D eigenvalue weighted by Gasteiger charge is 2.19. The molecule has 1 aromatic carbocycles. The van der Waals surface area contributed by atoms with Crippen LogP contribution in [0.2, 0.25) is 0 Å². The van der Waals surface area contributed by atoms with Crippen molar-refractivity contribution >= 4 is 23.0 Å². The molecule has 5 heterocycles. The summed E-state index contributed by atoms with van der Waals surface area (Å²) >= 11 is 0. The van der Waals surface area contributed by atoms with Gasteiger partial charge in [0.1, 0.15) is 5.75 Å². The summed E-state index contributed by atoms with van der Waals surface area (Å²) in [5.41, 5.74) is 4.41. The predicted molar refractivity (Wildman–Crippen MR) is 145 cm³/mol. The van der Waals surface area contributed by atoms with E-state index in [9.17, 15) is 0 Å². The summed E-state index contributed by atoms with van der Waals surface area (Å²) in [5.74, 6) is 1.32. The van der Waals surface area contributed by atoms with Crippen LogP contribution in [-0.4, -0.2) is 112 Å². The lowest BCUT2D eigenvalue weighted by molar-refractivity contribution is 0.0360. The van der Waals surface area contributed by atoms with Crippen LogP contribution in [0.1, 0.15) is 0 Å². The first-order chi connectivity index (χ1) is 18.7. The molecule has 0 atom stereocenters. The van der Waals surface area contributed by atoms with E-state index in [0.717, 1.165) is 94.0 Å². The molecule has 2 aliphatic rings. The van der Waals surface area contributed by atoms with Crippen LogP contribution in [0.5, 0.6) is 5.75 Å². The van der Waals surface area contributed by atoms with Crippen LogP contribution in [0, 0.1) is 0 Å². The first-order valence-electron chi connectivity index (χ1n) is 13.1. The van der Waals surface area contributed by atoms with Crippen molar-refractivity contribution in [3.05, 3.63) is 43.0 Å². The maximum Gasteiger partial charge on any atom is 0.247 e. The Morgan fingerprint density at radius 3 is 2.66 bits per heavy atom. The third-order valence-electron chi connectivity index (χ3n) is 7.21. The molecule has 12 heteroatoms. The average molecular weight is 519 g/mol. The normalized spacial score (nSPS) is 17.3. The Balaban J connectivity index is 1.18. The molecule has 38 heavy (non-hydrogen) atoms. The number of hydrogen-bond donors (Lipinski definition) is 1. The molecule has 0 unspecified atom stereocenters. The second kappa shape index (κ2) is 10.9. The van der Waals surface area contributed by atoms with Gasteiger partial charge in [-0.1, -0.05) is 0 Å². The Hall–Kier alpha value is -3.74. The number of fused-ring (bicyclic) bond motifs is 1. The molecule has 0 saturated carbocycles. The summed E-state index contributed by atoms with van der Waals surface area (Å²) < 4.78 is 14.9. The van der Waals surface area contributed by atoms with E-state index in [2.05, 4.69) is 48.2 Å². The minimum Gasteiger partial charge on any atom is -0.495 e. The van der Waals surface area contributed by atoms with Crippen molar-refractivity contribution in [2.45, 2.75) is 6.54 Å². The number of benzene rings is 1. The zero-order valence-electron chi connectivity index (χ0n) is 22.0. The second-order valence-electron chi connectivity index (χ2n) is 9.75. The number of piperazine rings is 1. The maximum absolute atomic E-state index is 5.73. The topological polar surface area (TPSA) is 101 Å². The molecule has 1 N–H and O–H groups in total. The van der Waals surface area contributed by atoms with Crippen LogP contribution in [0.15, 0.2) is 43.0 Å². The monoisotopic (exact) mass is 518 g/mol. The van der Waals surface area contributed by atoms with E-state index in [1.807, 2.05) is 29.2 Å². The van der Waals surface area contributed by atoms with Crippen molar-refractivity contribution in [2.75, 3.05) is 83.4 Å². The van der Waals surface area contributed by atoms with E-state index in [1.165, 1.54) is 0 Å². The highest BCUT2D eigenvalue weighted by atomic mass is 16.5. The Bertz CT molecular complexity index is 1370. The Morgan fingerprint density at radius 1 is 1.00 bits per heavy atom. The van der Waals surface area contributed by atoms with Crippen molar-refractivity contribution in [3.8, 4) is 17.0 Å². The van der Waals surface area contributed by atoms with Gasteiger partial charge in [0.2, 0.25) is 5.95 Å². The van der Waals surface area contributed by atoms with Crippen LogP contribution >= 0.6 is 0 Å². The Kier molecular flexibility index (Phi) is 7.08. The lowest BCUT2D eigenvalue weighted by Crippen LogP contribution is -2.44. The van der Waals surface area contributed by atoms with E-state index in [1.54, 1.807) is 24.0 Å². The molecule has 0 amide bonds. The van der Waals surface area contributed by atoms with Gasteiger partial charge in [-0.3, -0.25) is 14.6 Å². The summed E-state index contributed by atoms with van der Waals surface area (Å²) in [6.07, 6.45) is 7.39. The smallest absolute Gasteiger partial charge is 0.247 e. The molecule has 0 aliphatic carbocycles. The van der Waals surface area contributed by atoms with E-state index in [-0.39, 0.29) is 0 Å². The van der Waals surface area contributed by atoms with Crippen molar-refractivity contribution < 1.29 is 9.47 Å². The number of nitrogens with zero attached hydrogens (tertiary/aromatic N) is 9. The maximum atomic E-state index is 5.73. The summed E-state index contributed by atoms with van der Waals surface area (Å²) in [6, 6.07) is 6.14. The third kappa shape index (κ3) is 5.28. The highest BCUT2D eigenvalue weighted by molar-refractivity contribution is 5.68. The van der Waals surface area contributed by atoms with Gasteiger partial charge in [0.15, 0.2) is 5.65 Å². The molecule has 6 rings (SSSR count). The van der Waals surface area contributed by atoms with Crippen LogP contribution < -0.4 is 15.0 Å². The molecule has 3 aromatic heterocycles. The number of hydrogen-bond acceptors (Lipinski definition) is 10. The van der Waals surface area contributed by atoms with E-state index >= 15 is 0 Å². The fraction of sp³-hybridized carbons (Fsp3) is 0.462. The van der Waals surface area contributed by atoms with Gasteiger partial charge in [-0.05, 0) is 19.2 Å². The standard InChI is InChI=1S/C26H34N10O2/c1-32-5-8-34(9-6-32)22-4-3-21(15-24(22)37-2)29-26-30-25-18-27-17-23(36(25)31-26)20-16-28-35(19-20)10-7-33-11-13-38-14-12-33/h3-4,15-19H,5-14H2,1-2H3,(H,29,31). The fourth-order valence-electron chi connectivity index (χ4n) is 4.94. The Labute approximate surface area is 221 Å². The SMILES string of the molecule is COc1cc(Nc2nc3cncc(-c4cnn(CCN5CCOCC5)c4)n3n2)ccc1N1CCN(C)CC1. The molecule has 12 nitrogen and oxygen atoms in total. The van der Waals surface area contributed by atoms with Crippen molar-refractivity contribution in [2.24, 2.45) is 0 Å². The molecule has 4 aromatic rings. The first kappa shape index (κ1) is 24.6. The van der Waals surface area contributed by atoms with E-state index in [4.69, 9.17) is 14.6 Å². The average Bonchev–Trinajstić information content (AvgIpc) is 3.59. The molecular weight excluding hydrogens is 484 g/mol. The molecule has 2 aliphatic heterocycles. The lowest BCUT2D eigenvalue weighted by atomic mass is 10.2. The van der Waals surface area contributed by atoms with Gasteiger partial charge in [0.25, 0.3) is 0 Å². The van der Waals surface area contributed by atoms with Crippen molar-refractivity contribution in [1.29, 1.82) is 0 Å². The summed E-state index contributed by atoms with van der Waals surface area (Å²) in [6.45, 7) is 9.34. The molecule has 2 saturated heterocycles. The largest absolute Gasteiger partial charge is 0.495 e. The van der Waals surface area contributed by atoms with Gasteiger partial charge >= 0.3 is 0 Å². The second-order valence-corrected chi connectivity index (χ2v) is 9.75. The number of rotatable bonds is 8. The summed E-state index contributed by atoms with van der Waals surface area (Å²) in [7, 11) is 3.87. The van der Waals surface area contributed by atoms with Gasteiger partial charge in [0, 0.05) is 69.3 Å². The minimum atomic E-state index is 0.494. The molecule has 0 bridgehead atoms. The number of likely N-dealkylation sites (N-methyl/N-ethyl adjacent to an activating group) is 1. The molecule has 200 valence electrons. The quantitative estimate of drug-likeness (QED) is 0.372. The van der Waals surface area contributed by atoms with Crippen LogP contribution in [0.25, 0.3) is 16.9 Å². The number of anilines is 3. The lowest BCUT2D eigenvalue weighted by Gasteiger charge is -2.34. The van der Waals surface area contributed by atoms with Gasteiger partial charge < -0.3 is 24.6 Å². The van der Waals surface area contributed by atoms with E-state index < -0.39 is 0 Å². The fourth-order valence-corrected chi connectivity index (χ4v) is 4.94. The van der Waals surface area contributed by atoms with Crippen LogP contribution in [0.3, 0.4) is 0 Å². The number of ether oxygens (including phenoxy) is 2. The van der Waals surface area contributed by atoms with Crippen molar-refractivity contribution in [1.82, 2.24) is 39.2 Å². The summed E-state index contributed by atoms with van der Waals surface area (Å²) in [5, 5.41) is 12.6. The molecule has 0 radical (unpaired) electrons. The van der Waals surface area contributed by atoms with Gasteiger partial charge in [-0.15, -0.1) is 5.10 Å². The van der Waals surface area contributed by atoms with Gasteiger partial charge in [-0.25, -0.2) is 4.52 Å². The first-order valence-corrected chi connectivity index (χ1v) is 13.1. The third-order valence-corrected chi connectivity index (χ3v) is 7.21. The predicted octanol–water partition coefficient (Wildman–Crippen LogP) is 1.82. The van der Waals surface area contributed by atoms with Crippen LogP contribution in [0.4, 0.5) is 17.3 Å². The van der Waals surface area contributed by atoms with Crippen molar-refractivity contribution in [3.63, 3.8) is 0 Å². The highest BCUT2D eigenvalue weighted by Crippen LogP contribution is 2.33. The molecule has 0 spiro atoms. The number of aromatic nitrogens is 6. The van der Waals surface area contributed by atoms with Gasteiger partial charge in [0.05, 0.1) is 56.8 Å². The number of nitrogens with one attached hydrogen (secondary N) is 1. The summed E-state index contributed by atoms with van der Waals surface area (Å²) in [4.78, 5) is 16.2. The van der Waals surface area contributed by atoms with E-state index in [0.29, 0.717) is 11.6 Å².